The van der Waals surface area contributed by atoms with Gasteiger partial charge in [-0.3, -0.25) is 4.79 Å². The van der Waals surface area contributed by atoms with Gasteiger partial charge in [0.2, 0.25) is 11.1 Å². The topological polar surface area (TPSA) is 85.6 Å². The number of hydrogen-bond acceptors (Lipinski definition) is 6. The molecule has 0 aliphatic rings. The minimum absolute atomic E-state index is 0.0710. The van der Waals surface area contributed by atoms with Crippen LogP contribution in [0.1, 0.15) is 0 Å². The molecule has 1 aromatic carbocycles. The van der Waals surface area contributed by atoms with E-state index >= 15 is 0 Å². The summed E-state index contributed by atoms with van der Waals surface area (Å²) in [6.07, 6.45) is 1.40. The lowest BCUT2D eigenvalue weighted by Crippen LogP contribution is -2.15. The fourth-order valence-corrected chi connectivity index (χ4v) is 3.15. The predicted molar refractivity (Wildman–Crippen MR) is 97.8 cm³/mol. The van der Waals surface area contributed by atoms with Crippen LogP contribution < -0.4 is 5.32 Å². The summed E-state index contributed by atoms with van der Waals surface area (Å²) < 4.78 is 1.50. The van der Waals surface area contributed by atoms with Crippen LogP contribution in [0.4, 0.5) is 5.82 Å². The Labute approximate surface area is 161 Å². The first-order valence-corrected chi connectivity index (χ1v) is 8.93. The first-order chi connectivity index (χ1) is 12.0. The Balaban J connectivity index is 1.66. The molecule has 0 aliphatic heterocycles. The lowest BCUT2D eigenvalue weighted by molar-refractivity contribution is -0.113. The van der Waals surface area contributed by atoms with E-state index in [9.17, 15) is 4.79 Å². The number of hydrogen-bond donors (Lipinski definition) is 1. The second-order valence-corrected chi connectivity index (χ2v) is 6.90. The van der Waals surface area contributed by atoms with Crippen LogP contribution in [-0.4, -0.2) is 36.9 Å². The molecule has 0 unspecified atom stereocenters. The van der Waals surface area contributed by atoms with Crippen molar-refractivity contribution in [2.24, 2.45) is 0 Å². The van der Waals surface area contributed by atoms with E-state index in [1.165, 1.54) is 28.7 Å². The zero-order chi connectivity index (χ0) is 17.8. The van der Waals surface area contributed by atoms with Crippen LogP contribution in [0.2, 0.25) is 15.1 Å². The molecular formula is C14H9Cl3N6OS. The van der Waals surface area contributed by atoms with Gasteiger partial charge >= 0.3 is 0 Å². The van der Waals surface area contributed by atoms with Gasteiger partial charge in [-0.05, 0) is 34.7 Å². The van der Waals surface area contributed by atoms with Crippen molar-refractivity contribution in [3.63, 3.8) is 0 Å². The lowest BCUT2D eigenvalue weighted by atomic mass is 10.3. The number of halogens is 3. The Morgan fingerprint density at radius 1 is 1.20 bits per heavy atom. The highest BCUT2D eigenvalue weighted by Gasteiger charge is 2.13. The van der Waals surface area contributed by atoms with Crippen LogP contribution in [0.5, 0.6) is 0 Å². The summed E-state index contributed by atoms with van der Waals surface area (Å²) in [5.41, 5.74) is 0.697. The molecule has 0 bridgehead atoms. The van der Waals surface area contributed by atoms with E-state index in [1.807, 2.05) is 6.07 Å². The van der Waals surface area contributed by atoms with E-state index in [2.05, 4.69) is 25.8 Å². The number of amides is 1. The molecule has 0 saturated carbocycles. The number of nitrogens with one attached hydrogen (secondary N) is 1. The number of carbonyl (C=O) groups excluding carboxylic acids is 1. The van der Waals surface area contributed by atoms with Gasteiger partial charge in [-0.15, -0.1) is 5.10 Å². The molecule has 3 rings (SSSR count). The van der Waals surface area contributed by atoms with Gasteiger partial charge in [-0.2, -0.15) is 4.68 Å². The summed E-state index contributed by atoms with van der Waals surface area (Å²) >= 11 is 18.9. The fraction of sp³-hybridized carbons (Fsp3) is 0.0714. The third-order valence-electron chi connectivity index (χ3n) is 2.89. The second-order valence-electron chi connectivity index (χ2n) is 4.67. The average molecular weight is 416 g/mol. The first-order valence-electron chi connectivity index (χ1n) is 6.81. The van der Waals surface area contributed by atoms with E-state index in [0.29, 0.717) is 20.9 Å². The number of tetrazole rings is 1. The largest absolute Gasteiger partial charge is 0.309 e. The van der Waals surface area contributed by atoms with Crippen molar-refractivity contribution < 1.29 is 4.79 Å². The number of nitrogens with zero attached hydrogens (tertiary/aromatic N) is 5. The van der Waals surface area contributed by atoms with E-state index < -0.39 is 0 Å². The normalized spacial score (nSPS) is 10.7. The van der Waals surface area contributed by atoms with Crippen LogP contribution >= 0.6 is 46.6 Å². The quantitative estimate of drug-likeness (QED) is 0.639. The molecule has 0 atom stereocenters. The highest BCUT2D eigenvalue weighted by atomic mass is 35.5. The molecule has 0 fully saturated rings. The van der Waals surface area contributed by atoms with Gasteiger partial charge in [0.25, 0.3) is 0 Å². The van der Waals surface area contributed by atoms with E-state index in [-0.39, 0.29) is 22.5 Å². The molecule has 2 heterocycles. The third kappa shape index (κ3) is 4.60. The molecule has 0 aliphatic carbocycles. The minimum Gasteiger partial charge on any atom is -0.309 e. The van der Waals surface area contributed by atoms with Crippen molar-refractivity contribution in [2.75, 3.05) is 11.1 Å². The predicted octanol–water partition coefficient (Wildman–Crippen LogP) is 3.75. The van der Waals surface area contributed by atoms with Gasteiger partial charge in [0.1, 0.15) is 0 Å². The summed E-state index contributed by atoms with van der Waals surface area (Å²) in [5.74, 6) is 0.00940. The lowest BCUT2D eigenvalue weighted by Gasteiger charge is -2.07. The summed E-state index contributed by atoms with van der Waals surface area (Å²) in [4.78, 5) is 16.1. The maximum atomic E-state index is 12.1. The second kappa shape index (κ2) is 8.01. The fourth-order valence-electron chi connectivity index (χ4n) is 1.84. The summed E-state index contributed by atoms with van der Waals surface area (Å²) in [7, 11) is 0. The molecule has 0 saturated heterocycles. The number of benzene rings is 1. The monoisotopic (exact) mass is 414 g/mol. The summed E-state index contributed by atoms with van der Waals surface area (Å²) in [5, 5.41) is 15.7. The van der Waals surface area contributed by atoms with Gasteiger partial charge in [-0.1, -0.05) is 52.6 Å². The molecule has 1 amide bonds. The molecule has 128 valence electrons. The molecule has 0 spiro atoms. The maximum Gasteiger partial charge on any atom is 0.236 e. The van der Waals surface area contributed by atoms with Gasteiger partial charge in [-0.25, -0.2) is 4.98 Å². The zero-order valence-corrected chi connectivity index (χ0v) is 15.4. The Kier molecular flexibility index (Phi) is 5.74. The Hall–Kier alpha value is -1.87. The molecule has 25 heavy (non-hydrogen) atoms. The van der Waals surface area contributed by atoms with E-state index in [1.54, 1.807) is 18.2 Å². The van der Waals surface area contributed by atoms with Crippen molar-refractivity contribution >= 4 is 58.3 Å². The molecule has 11 heteroatoms. The van der Waals surface area contributed by atoms with Gasteiger partial charge in [0, 0.05) is 11.2 Å². The maximum absolute atomic E-state index is 12.1. The van der Waals surface area contributed by atoms with Crippen LogP contribution in [0.25, 0.3) is 5.69 Å². The van der Waals surface area contributed by atoms with Crippen molar-refractivity contribution in [2.45, 2.75) is 5.16 Å². The van der Waals surface area contributed by atoms with Gasteiger partial charge in [0.05, 0.1) is 21.5 Å². The van der Waals surface area contributed by atoms with Gasteiger partial charge in [0.15, 0.2) is 5.82 Å². The van der Waals surface area contributed by atoms with E-state index in [0.717, 1.165) is 0 Å². The number of aromatic nitrogens is 5. The number of thioether (sulfide) groups is 1. The van der Waals surface area contributed by atoms with E-state index in [4.69, 9.17) is 34.8 Å². The average Bonchev–Trinajstić information content (AvgIpc) is 3.04. The number of rotatable bonds is 5. The first kappa shape index (κ1) is 17.9. The standard InChI is InChI=1S/C14H9Cl3N6OS/c15-8-2-1-3-10(4-8)23-14(20-21-22-23)25-7-12(24)19-13-11(17)5-9(16)6-18-13/h1-6H,7H2,(H,18,19,24). The third-order valence-corrected chi connectivity index (χ3v) is 4.54. The summed E-state index contributed by atoms with van der Waals surface area (Å²) in [6, 6.07) is 8.56. The molecule has 0 radical (unpaired) electrons. The van der Waals surface area contributed by atoms with Crippen molar-refractivity contribution in [3.8, 4) is 5.69 Å². The number of pyridine rings is 1. The van der Waals surface area contributed by atoms with Crippen molar-refractivity contribution in [1.82, 2.24) is 25.2 Å². The zero-order valence-electron chi connectivity index (χ0n) is 12.4. The molecule has 2 aromatic heterocycles. The molecule has 7 nitrogen and oxygen atoms in total. The Bertz CT molecular complexity index is 919. The minimum atomic E-state index is -0.303. The van der Waals surface area contributed by atoms with Gasteiger partial charge < -0.3 is 5.32 Å². The molecular weight excluding hydrogens is 407 g/mol. The van der Waals surface area contributed by atoms with Crippen LogP contribution in [0.3, 0.4) is 0 Å². The Morgan fingerprint density at radius 2 is 2.04 bits per heavy atom. The van der Waals surface area contributed by atoms with Crippen LogP contribution in [0.15, 0.2) is 41.7 Å². The Morgan fingerprint density at radius 3 is 2.80 bits per heavy atom. The highest BCUT2D eigenvalue weighted by Crippen LogP contribution is 2.24. The molecule has 1 N–H and O–H groups in total. The number of carbonyl (C=O) groups is 1. The highest BCUT2D eigenvalue weighted by molar-refractivity contribution is 7.99. The summed E-state index contributed by atoms with van der Waals surface area (Å²) in [6.45, 7) is 0. The van der Waals surface area contributed by atoms with Crippen LogP contribution in [0, 0.1) is 0 Å². The SMILES string of the molecule is O=C(CSc1nnnn1-c1cccc(Cl)c1)Nc1ncc(Cl)cc1Cl. The van der Waals surface area contributed by atoms with Crippen molar-refractivity contribution in [3.05, 3.63) is 51.6 Å². The molecule has 3 aromatic rings. The van der Waals surface area contributed by atoms with Crippen LogP contribution in [-0.2, 0) is 4.79 Å². The van der Waals surface area contributed by atoms with Crippen molar-refractivity contribution in [1.29, 1.82) is 0 Å². The number of anilines is 1. The smallest absolute Gasteiger partial charge is 0.236 e.